The Morgan fingerprint density at radius 1 is 0.880 bits per heavy atom. The normalized spacial score (nSPS) is 12.1. The first-order valence-corrected chi connectivity index (χ1v) is 10.4. The minimum absolute atomic E-state index is 0.00525. The number of ether oxygens (including phenoxy) is 1. The highest BCUT2D eigenvalue weighted by atomic mass is 16.5. The summed E-state index contributed by atoms with van der Waals surface area (Å²) in [6, 6.07) is 7.62. The van der Waals surface area contributed by atoms with Gasteiger partial charge in [-0.15, -0.1) is 0 Å². The fourth-order valence-electron chi connectivity index (χ4n) is 3.20. The number of rotatable bonds is 14. The van der Waals surface area contributed by atoms with E-state index in [9.17, 15) is 4.79 Å². The first kappa shape index (κ1) is 21.7. The molecule has 0 fully saturated rings. The van der Waals surface area contributed by atoms with Gasteiger partial charge in [-0.3, -0.25) is 0 Å². The van der Waals surface area contributed by atoms with Gasteiger partial charge in [0.15, 0.2) is 0 Å². The minimum atomic E-state index is -0.186. The van der Waals surface area contributed by atoms with Gasteiger partial charge >= 0.3 is 5.97 Å². The summed E-state index contributed by atoms with van der Waals surface area (Å²) in [5.74, 6) is -0.186. The van der Waals surface area contributed by atoms with Crippen molar-refractivity contribution in [3.8, 4) is 0 Å². The maximum atomic E-state index is 12.2. The van der Waals surface area contributed by atoms with Crippen LogP contribution in [0.3, 0.4) is 0 Å². The highest BCUT2D eigenvalue weighted by Gasteiger charge is 2.13. The Morgan fingerprint density at radius 3 is 1.96 bits per heavy atom. The van der Waals surface area contributed by atoms with Gasteiger partial charge in [-0.1, -0.05) is 89.3 Å². The van der Waals surface area contributed by atoms with Crippen LogP contribution in [0.15, 0.2) is 24.3 Å². The number of hydrogen-bond donors (Lipinski definition) is 0. The van der Waals surface area contributed by atoms with Crippen molar-refractivity contribution in [2.45, 2.75) is 104 Å². The van der Waals surface area contributed by atoms with Crippen molar-refractivity contribution in [2.24, 2.45) is 0 Å². The zero-order valence-corrected chi connectivity index (χ0v) is 16.7. The van der Waals surface area contributed by atoms with Crippen molar-refractivity contribution >= 4 is 5.97 Å². The van der Waals surface area contributed by atoms with Crippen molar-refractivity contribution in [1.29, 1.82) is 0 Å². The van der Waals surface area contributed by atoms with Crippen LogP contribution in [0.5, 0.6) is 0 Å². The number of unbranched alkanes of at least 4 members (excludes halogenated alkanes) is 10. The zero-order valence-electron chi connectivity index (χ0n) is 16.7. The van der Waals surface area contributed by atoms with E-state index in [1.807, 2.05) is 38.1 Å². The van der Waals surface area contributed by atoms with Crippen molar-refractivity contribution in [2.75, 3.05) is 0 Å². The average Bonchev–Trinajstić information content (AvgIpc) is 2.60. The molecule has 0 radical (unpaired) electrons. The lowest BCUT2D eigenvalue weighted by Gasteiger charge is -2.14. The minimum Gasteiger partial charge on any atom is -0.459 e. The van der Waals surface area contributed by atoms with E-state index in [-0.39, 0.29) is 12.1 Å². The van der Waals surface area contributed by atoms with Crippen LogP contribution in [-0.2, 0) is 4.74 Å². The number of esters is 1. The summed E-state index contributed by atoms with van der Waals surface area (Å²) in [6.07, 6.45) is 15.8. The monoisotopic (exact) mass is 346 g/mol. The Kier molecular flexibility index (Phi) is 12.1. The lowest BCUT2D eigenvalue weighted by atomic mass is 10.0. The molecule has 0 spiro atoms. The second-order valence-electron chi connectivity index (χ2n) is 7.36. The molecular weight excluding hydrogens is 308 g/mol. The van der Waals surface area contributed by atoms with Gasteiger partial charge in [0.2, 0.25) is 0 Å². The Morgan fingerprint density at radius 2 is 1.40 bits per heavy atom. The van der Waals surface area contributed by atoms with Crippen LogP contribution < -0.4 is 0 Å². The van der Waals surface area contributed by atoms with Crippen LogP contribution >= 0.6 is 0 Å². The third-order valence-corrected chi connectivity index (χ3v) is 4.89. The van der Waals surface area contributed by atoms with Crippen LogP contribution in [0, 0.1) is 6.92 Å². The summed E-state index contributed by atoms with van der Waals surface area (Å²) in [5, 5.41) is 0. The molecule has 142 valence electrons. The lowest BCUT2D eigenvalue weighted by molar-refractivity contribution is 0.0318. The first-order valence-electron chi connectivity index (χ1n) is 10.4. The summed E-state index contributed by atoms with van der Waals surface area (Å²) in [7, 11) is 0. The quantitative estimate of drug-likeness (QED) is 0.262. The summed E-state index contributed by atoms with van der Waals surface area (Å²) >= 11 is 0. The number of hydrogen-bond acceptors (Lipinski definition) is 2. The molecule has 25 heavy (non-hydrogen) atoms. The smallest absolute Gasteiger partial charge is 0.338 e. The Bertz CT molecular complexity index is 467. The molecule has 1 rings (SSSR count). The molecule has 0 heterocycles. The molecule has 2 nitrogen and oxygen atoms in total. The van der Waals surface area contributed by atoms with Gasteiger partial charge in [-0.25, -0.2) is 4.79 Å². The molecule has 1 aromatic rings. The van der Waals surface area contributed by atoms with Crippen LogP contribution in [0.2, 0.25) is 0 Å². The molecule has 1 aromatic carbocycles. The molecule has 0 aliphatic rings. The molecule has 1 unspecified atom stereocenters. The fraction of sp³-hybridized carbons (Fsp3) is 0.696. The number of carbonyl (C=O) groups excluding carboxylic acids is 1. The predicted octanol–water partition coefficient (Wildman–Crippen LogP) is 7.24. The van der Waals surface area contributed by atoms with E-state index in [0.717, 1.165) is 18.4 Å². The van der Waals surface area contributed by atoms with E-state index < -0.39 is 0 Å². The van der Waals surface area contributed by atoms with Gasteiger partial charge in [0.25, 0.3) is 0 Å². The molecule has 0 aromatic heterocycles. The van der Waals surface area contributed by atoms with Crippen molar-refractivity contribution < 1.29 is 9.53 Å². The molecule has 0 saturated heterocycles. The van der Waals surface area contributed by atoms with Gasteiger partial charge in [0, 0.05) is 0 Å². The van der Waals surface area contributed by atoms with Gasteiger partial charge in [-0.2, -0.15) is 0 Å². The highest BCUT2D eigenvalue weighted by molar-refractivity contribution is 5.91. The Balaban J connectivity index is 1.99. The van der Waals surface area contributed by atoms with Crippen LogP contribution in [0.4, 0.5) is 0 Å². The summed E-state index contributed by atoms with van der Waals surface area (Å²) in [6.45, 7) is 6.22. The van der Waals surface area contributed by atoms with Gasteiger partial charge in [0.1, 0.15) is 0 Å². The predicted molar refractivity (Wildman–Crippen MR) is 107 cm³/mol. The first-order chi connectivity index (χ1) is 12.1. The summed E-state index contributed by atoms with van der Waals surface area (Å²) < 4.78 is 5.57. The number of aryl methyl sites for hydroxylation is 1. The SMILES string of the molecule is CCCCCCCCCCCCCC(C)OC(=O)c1ccccc1C. The third kappa shape index (κ3) is 10.3. The second-order valence-corrected chi connectivity index (χ2v) is 7.36. The van der Waals surface area contributed by atoms with Crippen LogP contribution in [0.1, 0.15) is 107 Å². The molecule has 0 bridgehead atoms. The maximum absolute atomic E-state index is 12.2. The Hall–Kier alpha value is -1.31. The maximum Gasteiger partial charge on any atom is 0.338 e. The summed E-state index contributed by atoms with van der Waals surface area (Å²) in [4.78, 5) is 12.2. The average molecular weight is 347 g/mol. The van der Waals surface area contributed by atoms with Crippen LogP contribution in [0.25, 0.3) is 0 Å². The lowest BCUT2D eigenvalue weighted by Crippen LogP contribution is -2.15. The van der Waals surface area contributed by atoms with Gasteiger partial charge < -0.3 is 4.74 Å². The highest BCUT2D eigenvalue weighted by Crippen LogP contribution is 2.15. The van der Waals surface area contributed by atoms with Crippen molar-refractivity contribution in [3.05, 3.63) is 35.4 Å². The topological polar surface area (TPSA) is 26.3 Å². The summed E-state index contributed by atoms with van der Waals surface area (Å²) in [5.41, 5.74) is 1.67. The molecular formula is C23H38O2. The van der Waals surface area contributed by atoms with E-state index in [1.165, 1.54) is 64.2 Å². The molecule has 0 aliphatic heterocycles. The zero-order chi connectivity index (χ0) is 18.3. The van der Waals surface area contributed by atoms with E-state index in [1.54, 1.807) is 0 Å². The van der Waals surface area contributed by atoms with Gasteiger partial charge in [-0.05, 0) is 38.3 Å². The largest absolute Gasteiger partial charge is 0.459 e. The molecule has 2 heteroatoms. The van der Waals surface area contributed by atoms with E-state index >= 15 is 0 Å². The van der Waals surface area contributed by atoms with Gasteiger partial charge in [0.05, 0.1) is 11.7 Å². The molecule has 1 atom stereocenters. The second kappa shape index (κ2) is 13.9. The van der Waals surface area contributed by atoms with Crippen molar-refractivity contribution in [1.82, 2.24) is 0 Å². The van der Waals surface area contributed by atoms with Crippen molar-refractivity contribution in [3.63, 3.8) is 0 Å². The standard InChI is InChI=1S/C23H38O2/c1-4-5-6-7-8-9-10-11-12-13-14-18-21(3)25-23(24)22-19-16-15-17-20(22)2/h15-17,19,21H,4-14,18H2,1-3H3. The fourth-order valence-corrected chi connectivity index (χ4v) is 3.20. The Labute approximate surface area is 155 Å². The third-order valence-electron chi connectivity index (χ3n) is 4.89. The molecule has 0 amide bonds. The molecule has 0 aliphatic carbocycles. The van der Waals surface area contributed by atoms with E-state index in [4.69, 9.17) is 4.74 Å². The number of carbonyl (C=O) groups is 1. The van der Waals surface area contributed by atoms with Crippen LogP contribution in [-0.4, -0.2) is 12.1 Å². The number of benzene rings is 1. The van der Waals surface area contributed by atoms with E-state index in [0.29, 0.717) is 5.56 Å². The molecule has 0 saturated carbocycles. The molecule has 0 N–H and O–H groups in total. The van der Waals surface area contributed by atoms with E-state index in [2.05, 4.69) is 6.92 Å².